The number of hydroxylamine groups is 1. The number of hydrogen-bond donors (Lipinski definition) is 4. The average Bonchev–Trinajstić information content (AvgIpc) is 2.79. The summed E-state index contributed by atoms with van der Waals surface area (Å²) in [4.78, 5) is 52.6. The Kier molecular flexibility index (Phi) is 15.8. The van der Waals surface area contributed by atoms with E-state index in [2.05, 4.69) is 10.8 Å². The zero-order chi connectivity index (χ0) is 27.7. The van der Waals surface area contributed by atoms with Gasteiger partial charge in [0.25, 0.3) is 5.91 Å². The molecule has 0 heterocycles. The van der Waals surface area contributed by atoms with Gasteiger partial charge in [-0.1, -0.05) is 0 Å². The van der Waals surface area contributed by atoms with E-state index in [-0.39, 0.29) is 25.4 Å². The molecular weight excluding hydrogens is 520 g/mol. The Morgan fingerprint density at radius 2 is 1.38 bits per heavy atom. The lowest BCUT2D eigenvalue weighted by Gasteiger charge is -2.19. The first-order valence-electron chi connectivity index (χ1n) is 12.2. The summed E-state index contributed by atoms with van der Waals surface area (Å²) in [6.45, 7) is 5.79. The van der Waals surface area contributed by atoms with Gasteiger partial charge in [-0.3, -0.25) is 19.2 Å². The van der Waals surface area contributed by atoms with Crippen LogP contribution >= 0.6 is 23.5 Å². The lowest BCUT2D eigenvalue weighted by Crippen LogP contribution is -2.33. The Balaban J connectivity index is 2.58. The lowest BCUT2D eigenvalue weighted by molar-refractivity contribution is -0.138. The number of benzene rings is 1. The molecule has 0 bridgehead atoms. The highest BCUT2D eigenvalue weighted by molar-refractivity contribution is 8.00. The molecule has 1 aromatic rings. The second-order valence-electron chi connectivity index (χ2n) is 9.15. The molecule has 12 heteroatoms. The zero-order valence-electron chi connectivity index (χ0n) is 21.7. The third kappa shape index (κ3) is 17.6. The van der Waals surface area contributed by atoms with Gasteiger partial charge in [0.2, 0.25) is 0 Å². The molecular formula is C25H38N2O8S2. The Bertz CT molecular complexity index is 848. The topological polar surface area (TPSA) is 151 Å². The molecule has 0 aliphatic carbocycles. The number of carboxylic acids is 2. The molecule has 0 aromatic heterocycles. The third-order valence-corrected chi connectivity index (χ3v) is 6.64. The van der Waals surface area contributed by atoms with Crippen LogP contribution in [0.3, 0.4) is 0 Å². The van der Waals surface area contributed by atoms with E-state index in [1.807, 2.05) is 18.2 Å². The number of carbonyl (C=O) groups excluding carboxylic acids is 2. The molecule has 0 saturated heterocycles. The fraction of sp³-hybridized carbons (Fsp3) is 0.600. The number of hydrogen-bond acceptors (Lipinski definition) is 8. The number of nitrogens with one attached hydrogen (secondary N) is 2. The first-order valence-corrected chi connectivity index (χ1v) is 14.2. The smallest absolute Gasteiger partial charge is 0.431 e. The molecule has 0 atom stereocenters. The minimum absolute atomic E-state index is 0.136. The highest BCUT2D eigenvalue weighted by Gasteiger charge is 2.16. The van der Waals surface area contributed by atoms with Gasteiger partial charge in [0, 0.05) is 34.7 Å². The SMILES string of the molecule is CC(C)(C)OC(=O)NOCCCNC(=O)c1cc(SCCCCC(=O)O)cc(SCCCCC(=O)O)c1. The molecule has 37 heavy (non-hydrogen) atoms. The molecule has 208 valence electrons. The Hall–Kier alpha value is -2.44. The minimum Gasteiger partial charge on any atom is -0.481 e. The van der Waals surface area contributed by atoms with Gasteiger partial charge < -0.3 is 20.3 Å². The van der Waals surface area contributed by atoms with Crippen molar-refractivity contribution in [2.24, 2.45) is 0 Å². The molecule has 2 amide bonds. The normalized spacial score (nSPS) is 11.1. The van der Waals surface area contributed by atoms with Gasteiger partial charge in [0.05, 0.1) is 6.61 Å². The van der Waals surface area contributed by atoms with Crippen molar-refractivity contribution >= 4 is 47.5 Å². The number of carbonyl (C=O) groups is 4. The first kappa shape index (κ1) is 32.6. The van der Waals surface area contributed by atoms with Crippen molar-refractivity contribution in [1.82, 2.24) is 10.8 Å². The van der Waals surface area contributed by atoms with Crippen molar-refractivity contribution in [3.63, 3.8) is 0 Å². The third-order valence-electron chi connectivity index (χ3n) is 4.51. The van der Waals surface area contributed by atoms with Crippen molar-refractivity contribution in [2.75, 3.05) is 24.7 Å². The summed E-state index contributed by atoms with van der Waals surface area (Å²) < 4.78 is 5.07. The van der Waals surface area contributed by atoms with E-state index in [1.54, 1.807) is 44.3 Å². The van der Waals surface area contributed by atoms with Gasteiger partial charge >= 0.3 is 18.0 Å². The maximum Gasteiger partial charge on any atom is 0.431 e. The van der Waals surface area contributed by atoms with E-state index < -0.39 is 23.6 Å². The second-order valence-corrected chi connectivity index (χ2v) is 11.5. The summed E-state index contributed by atoms with van der Waals surface area (Å²) in [5.74, 6) is -0.375. The van der Waals surface area contributed by atoms with Crippen molar-refractivity contribution in [3.05, 3.63) is 23.8 Å². The van der Waals surface area contributed by atoms with E-state index in [1.165, 1.54) is 0 Å². The zero-order valence-corrected chi connectivity index (χ0v) is 23.3. The minimum atomic E-state index is -0.809. The van der Waals surface area contributed by atoms with Crippen LogP contribution in [0.1, 0.15) is 76.1 Å². The fourth-order valence-electron chi connectivity index (χ4n) is 2.86. The van der Waals surface area contributed by atoms with Crippen LogP contribution in [0.5, 0.6) is 0 Å². The molecule has 0 aliphatic heterocycles. The molecule has 0 radical (unpaired) electrons. The van der Waals surface area contributed by atoms with Crippen LogP contribution in [-0.4, -0.2) is 64.4 Å². The van der Waals surface area contributed by atoms with Crippen LogP contribution in [0.2, 0.25) is 0 Å². The molecule has 4 N–H and O–H groups in total. The average molecular weight is 559 g/mol. The Labute approximate surface area is 226 Å². The summed E-state index contributed by atoms with van der Waals surface area (Å²) in [6, 6.07) is 5.62. The lowest BCUT2D eigenvalue weighted by atomic mass is 10.2. The van der Waals surface area contributed by atoms with Gasteiger partial charge in [-0.15, -0.1) is 23.5 Å². The monoisotopic (exact) mass is 558 g/mol. The summed E-state index contributed by atoms with van der Waals surface area (Å²) in [6.07, 6.45) is 2.77. The summed E-state index contributed by atoms with van der Waals surface area (Å²) >= 11 is 3.14. The van der Waals surface area contributed by atoms with Crippen LogP contribution in [-0.2, 0) is 19.2 Å². The number of ether oxygens (including phenoxy) is 1. The van der Waals surface area contributed by atoms with Crippen LogP contribution in [0, 0.1) is 0 Å². The van der Waals surface area contributed by atoms with Crippen molar-refractivity contribution in [2.45, 2.75) is 81.1 Å². The summed E-state index contributed by atoms with van der Waals surface area (Å²) in [5.41, 5.74) is 2.09. The molecule has 1 rings (SSSR count). The van der Waals surface area contributed by atoms with E-state index >= 15 is 0 Å². The first-order chi connectivity index (χ1) is 17.5. The van der Waals surface area contributed by atoms with E-state index in [9.17, 15) is 19.2 Å². The fourth-order valence-corrected chi connectivity index (χ4v) is 4.95. The predicted octanol–water partition coefficient (Wildman–Crippen LogP) is 4.96. The largest absolute Gasteiger partial charge is 0.481 e. The number of thioether (sulfide) groups is 2. The molecule has 0 unspecified atom stereocenters. The summed E-state index contributed by atoms with van der Waals surface area (Å²) in [7, 11) is 0. The van der Waals surface area contributed by atoms with Crippen molar-refractivity contribution < 1.29 is 39.0 Å². The number of rotatable bonds is 18. The number of aliphatic carboxylic acids is 2. The molecule has 0 saturated carbocycles. The molecule has 0 aliphatic rings. The van der Waals surface area contributed by atoms with Crippen molar-refractivity contribution in [3.8, 4) is 0 Å². The van der Waals surface area contributed by atoms with E-state index in [4.69, 9.17) is 19.8 Å². The van der Waals surface area contributed by atoms with Crippen LogP contribution in [0.25, 0.3) is 0 Å². The molecule has 10 nitrogen and oxygen atoms in total. The number of carboxylic acid groups (broad SMARTS) is 2. The molecule has 0 fully saturated rings. The van der Waals surface area contributed by atoms with Gasteiger partial charge in [-0.25, -0.2) is 4.79 Å². The predicted molar refractivity (Wildman–Crippen MR) is 143 cm³/mol. The van der Waals surface area contributed by atoms with E-state index in [0.29, 0.717) is 31.4 Å². The standard InChI is InChI=1S/C25H38N2O8S2/c1-25(2,3)35-24(33)27-34-12-8-11-26-23(32)18-15-19(36-13-6-4-9-21(28)29)17-20(16-18)37-14-7-5-10-22(30)31/h15-17H,4-14H2,1-3H3,(H,26,32)(H,27,33)(H,28,29)(H,30,31). The van der Waals surface area contributed by atoms with Gasteiger partial charge in [0.1, 0.15) is 5.60 Å². The number of amides is 2. The number of unbranched alkanes of at least 4 members (excludes halogenated alkanes) is 2. The van der Waals surface area contributed by atoms with Gasteiger partial charge in [-0.2, -0.15) is 5.48 Å². The van der Waals surface area contributed by atoms with Crippen LogP contribution in [0.15, 0.2) is 28.0 Å². The van der Waals surface area contributed by atoms with Gasteiger partial charge in [0.15, 0.2) is 0 Å². The maximum atomic E-state index is 12.8. The summed E-state index contributed by atoms with van der Waals surface area (Å²) in [5, 5.41) is 20.4. The Morgan fingerprint density at radius 1 is 0.838 bits per heavy atom. The van der Waals surface area contributed by atoms with Crippen molar-refractivity contribution in [1.29, 1.82) is 0 Å². The molecule has 0 spiro atoms. The molecule has 1 aromatic carbocycles. The maximum absolute atomic E-state index is 12.8. The Morgan fingerprint density at radius 3 is 1.86 bits per heavy atom. The quantitative estimate of drug-likeness (QED) is 0.111. The van der Waals surface area contributed by atoms with E-state index in [0.717, 1.165) is 34.1 Å². The van der Waals surface area contributed by atoms with Gasteiger partial charge in [-0.05, 0) is 82.6 Å². The van der Waals surface area contributed by atoms with Crippen LogP contribution < -0.4 is 10.8 Å². The highest BCUT2D eigenvalue weighted by Crippen LogP contribution is 2.29. The highest BCUT2D eigenvalue weighted by atomic mass is 32.2. The second kappa shape index (κ2) is 17.9. The van der Waals surface area contributed by atoms with Crippen LogP contribution in [0.4, 0.5) is 4.79 Å².